The van der Waals surface area contributed by atoms with Crippen LogP contribution in [0.3, 0.4) is 0 Å². The highest BCUT2D eigenvalue weighted by atomic mass is 127. The third-order valence-corrected chi connectivity index (χ3v) is 3.97. The lowest BCUT2D eigenvalue weighted by Crippen LogP contribution is -2.14. The summed E-state index contributed by atoms with van der Waals surface area (Å²) in [5.74, 6) is 0.778. The quantitative estimate of drug-likeness (QED) is 0.653. The van der Waals surface area contributed by atoms with Crippen molar-refractivity contribution >= 4 is 38.9 Å². The van der Waals surface area contributed by atoms with Crippen molar-refractivity contribution < 1.29 is 4.74 Å². The minimum atomic E-state index is -0.0764. The molecule has 0 aliphatic rings. The van der Waals surface area contributed by atoms with Crippen LogP contribution in [0.4, 0.5) is 0 Å². The Morgan fingerprint density at radius 2 is 2.26 bits per heavy atom. The summed E-state index contributed by atoms with van der Waals surface area (Å²) >= 11 is 3.66. The summed E-state index contributed by atoms with van der Waals surface area (Å²) in [7, 11) is 0. The zero-order chi connectivity index (χ0) is 13.2. The number of hydrogen-bond acceptors (Lipinski definition) is 4. The zero-order valence-electron chi connectivity index (χ0n) is 9.75. The number of ether oxygens (including phenoxy) is 1. The average molecular weight is 384 g/mol. The van der Waals surface area contributed by atoms with Gasteiger partial charge in [-0.3, -0.25) is 9.20 Å². The van der Waals surface area contributed by atoms with Gasteiger partial charge in [-0.2, -0.15) is 0 Å². The van der Waals surface area contributed by atoms with Gasteiger partial charge in [0.25, 0.3) is 5.56 Å². The van der Waals surface area contributed by atoms with Gasteiger partial charge in [-0.15, -0.1) is 11.3 Å². The van der Waals surface area contributed by atoms with E-state index in [1.54, 1.807) is 6.20 Å². The third kappa shape index (κ3) is 2.79. The van der Waals surface area contributed by atoms with Gasteiger partial charge in [0.2, 0.25) is 0 Å². The molecule has 0 saturated heterocycles. The molecule has 19 heavy (non-hydrogen) atoms. The molecule has 0 bridgehead atoms. The van der Waals surface area contributed by atoms with E-state index < -0.39 is 0 Å². The van der Waals surface area contributed by atoms with Crippen LogP contribution in [0.5, 0.6) is 5.75 Å². The molecule has 0 amide bonds. The van der Waals surface area contributed by atoms with E-state index in [-0.39, 0.29) is 5.56 Å². The predicted molar refractivity (Wildman–Crippen MR) is 82.8 cm³/mol. The first-order valence-electron chi connectivity index (χ1n) is 5.56. The molecule has 6 heteroatoms. The minimum absolute atomic E-state index is 0.0764. The first-order chi connectivity index (χ1) is 9.22. The number of hydrogen-bond donors (Lipinski definition) is 0. The molecule has 4 nitrogen and oxygen atoms in total. The molecule has 1 aromatic carbocycles. The molecule has 3 rings (SSSR count). The van der Waals surface area contributed by atoms with Crippen molar-refractivity contribution in [2.75, 3.05) is 0 Å². The van der Waals surface area contributed by atoms with Gasteiger partial charge >= 0.3 is 0 Å². The lowest BCUT2D eigenvalue weighted by atomic mass is 10.3. The molecule has 0 fully saturated rings. The van der Waals surface area contributed by atoms with Crippen molar-refractivity contribution in [3.63, 3.8) is 0 Å². The topological polar surface area (TPSA) is 43.6 Å². The van der Waals surface area contributed by atoms with Crippen LogP contribution in [-0.2, 0) is 6.61 Å². The Bertz CT molecular complexity index is 781. The first-order valence-corrected chi connectivity index (χ1v) is 7.52. The van der Waals surface area contributed by atoms with E-state index >= 15 is 0 Å². The summed E-state index contributed by atoms with van der Waals surface area (Å²) in [5.41, 5.74) is 0.568. The summed E-state index contributed by atoms with van der Waals surface area (Å²) in [6.07, 6.45) is 1.72. The molecule has 96 valence electrons. The zero-order valence-corrected chi connectivity index (χ0v) is 12.7. The second-order valence-electron chi connectivity index (χ2n) is 3.89. The fourth-order valence-electron chi connectivity index (χ4n) is 1.68. The average Bonchev–Trinajstić information content (AvgIpc) is 2.85. The molecular weight excluding hydrogens is 375 g/mol. The van der Waals surface area contributed by atoms with Crippen LogP contribution >= 0.6 is 33.9 Å². The van der Waals surface area contributed by atoms with Gasteiger partial charge in [0, 0.05) is 21.2 Å². The van der Waals surface area contributed by atoms with Crippen LogP contribution in [0.1, 0.15) is 5.69 Å². The first kappa shape index (κ1) is 12.6. The number of thiazole rings is 1. The van der Waals surface area contributed by atoms with Crippen molar-refractivity contribution in [2.24, 2.45) is 0 Å². The number of halogens is 1. The van der Waals surface area contributed by atoms with Crippen LogP contribution in [-0.4, -0.2) is 9.38 Å². The summed E-state index contributed by atoms with van der Waals surface area (Å²) in [4.78, 5) is 16.9. The smallest absolute Gasteiger partial charge is 0.258 e. The van der Waals surface area contributed by atoms with E-state index in [0.29, 0.717) is 17.3 Å². The number of fused-ring (bicyclic) bond motifs is 1. The van der Waals surface area contributed by atoms with Crippen molar-refractivity contribution in [1.82, 2.24) is 9.38 Å². The van der Waals surface area contributed by atoms with E-state index in [0.717, 1.165) is 9.32 Å². The lowest BCUT2D eigenvalue weighted by molar-refractivity contribution is 0.301. The van der Waals surface area contributed by atoms with E-state index in [4.69, 9.17) is 4.74 Å². The molecule has 0 spiro atoms. The van der Waals surface area contributed by atoms with Crippen LogP contribution < -0.4 is 10.3 Å². The molecule has 0 atom stereocenters. The van der Waals surface area contributed by atoms with E-state index in [1.807, 2.05) is 29.6 Å². The molecule has 0 saturated carbocycles. The Balaban J connectivity index is 1.83. The Kier molecular flexibility index (Phi) is 3.52. The number of rotatable bonds is 3. The minimum Gasteiger partial charge on any atom is -0.487 e. The Morgan fingerprint density at radius 1 is 1.37 bits per heavy atom. The van der Waals surface area contributed by atoms with Gasteiger partial charge in [0.05, 0.1) is 5.69 Å². The van der Waals surface area contributed by atoms with Gasteiger partial charge < -0.3 is 4.74 Å². The van der Waals surface area contributed by atoms with E-state index in [9.17, 15) is 4.79 Å². The van der Waals surface area contributed by atoms with Gasteiger partial charge in [-0.05, 0) is 40.8 Å². The molecule has 0 N–H and O–H groups in total. The molecule has 2 aromatic heterocycles. The lowest BCUT2D eigenvalue weighted by Gasteiger charge is -2.05. The Hall–Kier alpha value is -1.41. The molecule has 2 heterocycles. The van der Waals surface area contributed by atoms with Crippen LogP contribution in [0.2, 0.25) is 0 Å². The highest BCUT2D eigenvalue weighted by molar-refractivity contribution is 14.1. The maximum atomic E-state index is 11.8. The summed E-state index contributed by atoms with van der Waals surface area (Å²) in [6, 6.07) is 9.26. The Labute approximate surface area is 126 Å². The van der Waals surface area contributed by atoms with Crippen molar-refractivity contribution in [2.45, 2.75) is 6.61 Å². The standard InChI is InChI=1S/C13H9IN2O2S/c14-9-2-1-3-11(6-9)18-8-10-7-12(17)16-4-5-19-13(16)15-10/h1-7H,8H2. The van der Waals surface area contributed by atoms with Gasteiger partial charge in [-0.25, -0.2) is 4.98 Å². The third-order valence-electron chi connectivity index (χ3n) is 2.54. The second kappa shape index (κ2) is 5.30. The molecule has 0 aliphatic heterocycles. The van der Waals surface area contributed by atoms with E-state index in [1.165, 1.54) is 21.8 Å². The van der Waals surface area contributed by atoms with Crippen molar-refractivity contribution in [1.29, 1.82) is 0 Å². The van der Waals surface area contributed by atoms with Gasteiger partial charge in [0.15, 0.2) is 4.96 Å². The van der Waals surface area contributed by atoms with Crippen molar-refractivity contribution in [3.8, 4) is 5.75 Å². The predicted octanol–water partition coefficient (Wildman–Crippen LogP) is 2.94. The van der Waals surface area contributed by atoms with Crippen LogP contribution in [0.25, 0.3) is 4.96 Å². The fraction of sp³-hybridized carbons (Fsp3) is 0.0769. The van der Waals surface area contributed by atoms with E-state index in [2.05, 4.69) is 27.6 Å². The summed E-state index contributed by atoms with van der Waals surface area (Å²) in [5, 5.41) is 1.84. The second-order valence-corrected chi connectivity index (χ2v) is 6.01. The SMILES string of the molecule is O=c1cc(COc2cccc(I)c2)nc2sccn12. The van der Waals surface area contributed by atoms with Crippen LogP contribution in [0.15, 0.2) is 46.7 Å². The normalized spacial score (nSPS) is 10.8. The Morgan fingerprint density at radius 3 is 3.11 bits per heavy atom. The number of aromatic nitrogens is 2. The summed E-state index contributed by atoms with van der Waals surface area (Å²) < 4.78 is 8.28. The molecular formula is C13H9IN2O2S. The number of nitrogens with zero attached hydrogens (tertiary/aromatic N) is 2. The number of benzene rings is 1. The van der Waals surface area contributed by atoms with Gasteiger partial charge in [0.1, 0.15) is 12.4 Å². The monoisotopic (exact) mass is 384 g/mol. The molecule has 3 aromatic rings. The fourth-order valence-corrected chi connectivity index (χ4v) is 2.93. The highest BCUT2D eigenvalue weighted by Gasteiger charge is 2.04. The van der Waals surface area contributed by atoms with Gasteiger partial charge in [-0.1, -0.05) is 6.07 Å². The molecule has 0 unspecified atom stereocenters. The maximum Gasteiger partial charge on any atom is 0.258 e. The molecule has 0 radical (unpaired) electrons. The molecule has 0 aliphatic carbocycles. The largest absolute Gasteiger partial charge is 0.487 e. The highest BCUT2D eigenvalue weighted by Crippen LogP contribution is 2.16. The van der Waals surface area contributed by atoms with Crippen molar-refractivity contribution in [3.05, 3.63) is 61.5 Å². The maximum absolute atomic E-state index is 11.8. The van der Waals surface area contributed by atoms with Crippen LogP contribution in [0, 0.1) is 3.57 Å². The summed E-state index contributed by atoms with van der Waals surface area (Å²) in [6.45, 7) is 0.295.